The summed E-state index contributed by atoms with van der Waals surface area (Å²) in [5.74, 6) is -1.18. The number of likely N-dealkylation sites (tertiary alicyclic amines) is 1. The Bertz CT molecular complexity index is 1300. The number of anilines is 1. The SMILES string of the molecule is NCc1ccc(C(=O)N2CCCC(c3ccccc3)C2C(=O)Nc2ccc(C(=O)O)cc2)cc1C1CC1. The van der Waals surface area contributed by atoms with Gasteiger partial charge in [-0.3, -0.25) is 9.59 Å². The molecule has 1 saturated heterocycles. The number of amides is 2. The van der Waals surface area contributed by atoms with E-state index in [4.69, 9.17) is 5.73 Å². The summed E-state index contributed by atoms with van der Waals surface area (Å²) in [4.78, 5) is 40.6. The van der Waals surface area contributed by atoms with Crippen LogP contribution < -0.4 is 11.1 Å². The van der Waals surface area contributed by atoms with Gasteiger partial charge in [0.2, 0.25) is 5.91 Å². The Morgan fingerprint density at radius 1 is 0.919 bits per heavy atom. The van der Waals surface area contributed by atoms with Crippen molar-refractivity contribution in [2.24, 2.45) is 5.73 Å². The van der Waals surface area contributed by atoms with Gasteiger partial charge in [0.1, 0.15) is 6.04 Å². The summed E-state index contributed by atoms with van der Waals surface area (Å²) >= 11 is 0. The van der Waals surface area contributed by atoms with E-state index in [0.717, 1.165) is 42.4 Å². The molecule has 1 saturated carbocycles. The summed E-state index contributed by atoms with van der Waals surface area (Å²) in [5, 5.41) is 12.1. The van der Waals surface area contributed by atoms with Crippen molar-refractivity contribution in [3.8, 4) is 0 Å². The van der Waals surface area contributed by atoms with Crippen molar-refractivity contribution in [1.29, 1.82) is 0 Å². The number of carbonyl (C=O) groups excluding carboxylic acids is 2. The molecule has 5 rings (SSSR count). The van der Waals surface area contributed by atoms with Crippen molar-refractivity contribution in [3.63, 3.8) is 0 Å². The molecule has 3 aromatic rings. The summed E-state index contributed by atoms with van der Waals surface area (Å²) in [6, 6.07) is 20.9. The number of hydrogen-bond acceptors (Lipinski definition) is 4. The van der Waals surface area contributed by atoms with Crippen LogP contribution in [0, 0.1) is 0 Å². The smallest absolute Gasteiger partial charge is 0.335 e. The van der Waals surface area contributed by atoms with Gasteiger partial charge < -0.3 is 21.1 Å². The lowest BCUT2D eigenvalue weighted by atomic mass is 9.82. The molecule has 37 heavy (non-hydrogen) atoms. The molecule has 1 heterocycles. The average Bonchev–Trinajstić information content (AvgIpc) is 3.78. The Labute approximate surface area is 216 Å². The van der Waals surface area contributed by atoms with Crippen molar-refractivity contribution >= 4 is 23.5 Å². The molecule has 3 aromatic carbocycles. The molecule has 2 fully saturated rings. The van der Waals surface area contributed by atoms with Crippen molar-refractivity contribution in [1.82, 2.24) is 4.90 Å². The number of nitrogens with zero attached hydrogens (tertiary/aromatic N) is 1. The molecule has 2 aliphatic rings. The number of carboxylic acids is 1. The van der Waals surface area contributed by atoms with Gasteiger partial charge in [0.05, 0.1) is 5.56 Å². The fourth-order valence-corrected chi connectivity index (χ4v) is 5.36. The van der Waals surface area contributed by atoms with Gasteiger partial charge >= 0.3 is 5.97 Å². The number of carbonyl (C=O) groups is 3. The van der Waals surface area contributed by atoms with Crippen molar-refractivity contribution in [2.75, 3.05) is 11.9 Å². The normalized spacial score (nSPS) is 19.3. The average molecular weight is 498 g/mol. The summed E-state index contributed by atoms with van der Waals surface area (Å²) in [6.07, 6.45) is 3.79. The number of nitrogens with one attached hydrogen (secondary N) is 1. The zero-order chi connectivity index (χ0) is 25.9. The van der Waals surface area contributed by atoms with Crippen LogP contribution in [0.15, 0.2) is 72.8 Å². The standard InChI is InChI=1S/C30H31N3O4/c31-18-23-11-10-22(17-26(23)20-8-9-20)29(35)33-16-4-7-25(19-5-2-1-3-6-19)27(33)28(34)32-24-14-12-21(13-15-24)30(36)37/h1-3,5-6,10-15,17,20,25,27H,4,7-9,16,18,31H2,(H,32,34)(H,36,37). The summed E-state index contributed by atoms with van der Waals surface area (Å²) in [5.41, 5.74) is 10.4. The van der Waals surface area contributed by atoms with Gasteiger partial charge in [-0.2, -0.15) is 0 Å². The van der Waals surface area contributed by atoms with Crippen molar-refractivity contribution in [3.05, 3.63) is 101 Å². The largest absolute Gasteiger partial charge is 0.478 e. The monoisotopic (exact) mass is 497 g/mol. The van der Waals surface area contributed by atoms with Crippen LogP contribution >= 0.6 is 0 Å². The second-order valence-electron chi connectivity index (χ2n) is 9.87. The third kappa shape index (κ3) is 5.27. The van der Waals surface area contributed by atoms with E-state index < -0.39 is 12.0 Å². The maximum atomic E-state index is 13.9. The van der Waals surface area contributed by atoms with Gasteiger partial charge in [-0.15, -0.1) is 0 Å². The second kappa shape index (κ2) is 10.6. The Hall–Kier alpha value is -3.97. The minimum atomic E-state index is -1.03. The first-order chi connectivity index (χ1) is 18.0. The number of benzene rings is 3. The first kappa shape index (κ1) is 24.7. The Morgan fingerprint density at radius 2 is 1.62 bits per heavy atom. The quantitative estimate of drug-likeness (QED) is 0.436. The predicted octanol–water partition coefficient (Wildman–Crippen LogP) is 4.75. The van der Waals surface area contributed by atoms with E-state index in [9.17, 15) is 19.5 Å². The predicted molar refractivity (Wildman–Crippen MR) is 142 cm³/mol. The molecule has 0 radical (unpaired) electrons. The van der Waals surface area contributed by atoms with Gasteiger partial charge in [0.25, 0.3) is 5.91 Å². The molecule has 2 unspecified atom stereocenters. The van der Waals surface area contributed by atoms with Crippen LogP contribution in [0.3, 0.4) is 0 Å². The second-order valence-corrected chi connectivity index (χ2v) is 9.87. The van der Waals surface area contributed by atoms with Crippen LogP contribution in [0.1, 0.15) is 74.9 Å². The maximum absolute atomic E-state index is 13.9. The van der Waals surface area contributed by atoms with Crippen molar-refractivity contribution in [2.45, 2.75) is 50.1 Å². The van der Waals surface area contributed by atoms with Crippen LogP contribution in [0.25, 0.3) is 0 Å². The van der Waals surface area contributed by atoms with E-state index in [-0.39, 0.29) is 23.3 Å². The third-order valence-corrected chi connectivity index (χ3v) is 7.42. The van der Waals surface area contributed by atoms with E-state index in [0.29, 0.717) is 30.3 Å². The van der Waals surface area contributed by atoms with Gasteiger partial charge in [-0.1, -0.05) is 36.4 Å². The van der Waals surface area contributed by atoms with Crippen LogP contribution in [0.5, 0.6) is 0 Å². The summed E-state index contributed by atoms with van der Waals surface area (Å²) < 4.78 is 0. The summed E-state index contributed by atoms with van der Waals surface area (Å²) in [7, 11) is 0. The van der Waals surface area contributed by atoms with E-state index in [2.05, 4.69) is 5.32 Å². The van der Waals surface area contributed by atoms with Gasteiger partial charge in [0.15, 0.2) is 0 Å². The van der Waals surface area contributed by atoms with E-state index in [1.165, 1.54) is 12.1 Å². The molecule has 1 aliphatic carbocycles. The van der Waals surface area contributed by atoms with E-state index >= 15 is 0 Å². The zero-order valence-corrected chi connectivity index (χ0v) is 20.6. The minimum Gasteiger partial charge on any atom is -0.478 e. The Kier molecular flexibility index (Phi) is 7.06. The van der Waals surface area contributed by atoms with Gasteiger partial charge in [-0.05, 0) is 84.7 Å². The van der Waals surface area contributed by atoms with Crippen LogP contribution in [0.2, 0.25) is 0 Å². The lowest BCUT2D eigenvalue weighted by Gasteiger charge is -2.40. The molecule has 0 aromatic heterocycles. The Morgan fingerprint density at radius 3 is 2.27 bits per heavy atom. The highest BCUT2D eigenvalue weighted by Gasteiger charge is 2.40. The highest BCUT2D eigenvalue weighted by Crippen LogP contribution is 2.42. The molecular formula is C30H31N3O4. The molecule has 7 nitrogen and oxygen atoms in total. The number of hydrogen-bond donors (Lipinski definition) is 3. The molecule has 4 N–H and O–H groups in total. The number of aromatic carboxylic acids is 1. The zero-order valence-electron chi connectivity index (χ0n) is 20.6. The fourth-order valence-electron chi connectivity index (χ4n) is 5.36. The van der Waals surface area contributed by atoms with Crippen LogP contribution in [-0.4, -0.2) is 40.4 Å². The highest BCUT2D eigenvalue weighted by atomic mass is 16.4. The molecule has 2 atom stereocenters. The van der Waals surface area contributed by atoms with Crippen molar-refractivity contribution < 1.29 is 19.5 Å². The fraction of sp³-hybridized carbons (Fsp3) is 0.300. The number of carboxylic acid groups (broad SMARTS) is 1. The number of nitrogens with two attached hydrogens (primary N) is 1. The van der Waals surface area contributed by atoms with E-state index in [1.807, 2.05) is 48.5 Å². The molecule has 190 valence electrons. The molecule has 0 bridgehead atoms. The molecule has 0 spiro atoms. The lowest BCUT2D eigenvalue weighted by Crippen LogP contribution is -2.53. The topological polar surface area (TPSA) is 113 Å². The first-order valence-electron chi connectivity index (χ1n) is 12.8. The third-order valence-electron chi connectivity index (χ3n) is 7.42. The van der Waals surface area contributed by atoms with Crippen LogP contribution in [0.4, 0.5) is 5.69 Å². The molecule has 1 aliphatic heterocycles. The highest BCUT2D eigenvalue weighted by molar-refractivity contribution is 6.02. The lowest BCUT2D eigenvalue weighted by molar-refractivity contribution is -0.122. The molecular weight excluding hydrogens is 466 g/mol. The first-order valence-corrected chi connectivity index (χ1v) is 12.8. The Balaban J connectivity index is 1.47. The maximum Gasteiger partial charge on any atom is 0.335 e. The minimum absolute atomic E-state index is 0.141. The molecule has 2 amide bonds. The molecule has 7 heteroatoms. The summed E-state index contributed by atoms with van der Waals surface area (Å²) in [6.45, 7) is 0.918. The number of piperidine rings is 1. The van der Waals surface area contributed by atoms with Gasteiger partial charge in [0, 0.05) is 30.3 Å². The van der Waals surface area contributed by atoms with E-state index in [1.54, 1.807) is 17.0 Å². The van der Waals surface area contributed by atoms with Crippen LogP contribution in [-0.2, 0) is 11.3 Å². The number of rotatable bonds is 7. The van der Waals surface area contributed by atoms with Gasteiger partial charge in [-0.25, -0.2) is 4.79 Å².